The van der Waals surface area contributed by atoms with Crippen LogP contribution >= 0.6 is 0 Å². The molecule has 0 aliphatic heterocycles. The second-order valence-electron chi connectivity index (χ2n) is 3.21. The van der Waals surface area contributed by atoms with Gasteiger partial charge in [0.15, 0.2) is 0 Å². The number of hydrogen-bond donors (Lipinski definition) is 2. The maximum atomic E-state index is 11.1. The van der Waals surface area contributed by atoms with Crippen LogP contribution in [0.15, 0.2) is 24.3 Å². The van der Waals surface area contributed by atoms with Gasteiger partial charge in [-0.3, -0.25) is 4.79 Å². The number of rotatable bonds is 5. The van der Waals surface area contributed by atoms with Gasteiger partial charge in [-0.2, -0.15) is 0 Å². The van der Waals surface area contributed by atoms with E-state index >= 15 is 0 Å². The van der Waals surface area contributed by atoms with Gasteiger partial charge in [-0.15, -0.1) is 0 Å². The highest BCUT2D eigenvalue weighted by Crippen LogP contribution is 2.24. The maximum Gasteiger partial charge on any atom is 0.239 e. The molecule has 1 aromatic carbocycles. The standard InChI is InChI=1S/C11H16N2O2/c1-3-8(11(12)14)13-9-6-4-5-7-10(9)15-2/h4-8,13H,3H2,1-2H3,(H2,12,14). The van der Waals surface area contributed by atoms with Crippen LogP contribution in [0, 0.1) is 0 Å². The first-order valence-corrected chi connectivity index (χ1v) is 4.88. The third kappa shape index (κ3) is 2.87. The Balaban J connectivity index is 2.82. The molecule has 1 unspecified atom stereocenters. The molecule has 0 fully saturated rings. The molecule has 0 radical (unpaired) electrons. The number of para-hydroxylation sites is 2. The zero-order chi connectivity index (χ0) is 11.3. The van der Waals surface area contributed by atoms with Crippen LogP contribution in [0.5, 0.6) is 5.75 Å². The number of carbonyl (C=O) groups excluding carboxylic acids is 1. The largest absolute Gasteiger partial charge is 0.495 e. The first-order chi connectivity index (χ1) is 7.19. The molecular weight excluding hydrogens is 192 g/mol. The summed E-state index contributed by atoms with van der Waals surface area (Å²) in [7, 11) is 1.59. The second kappa shape index (κ2) is 5.24. The average Bonchev–Trinajstić information content (AvgIpc) is 2.25. The van der Waals surface area contributed by atoms with Gasteiger partial charge in [-0.25, -0.2) is 0 Å². The minimum atomic E-state index is -0.360. The Morgan fingerprint density at radius 3 is 2.73 bits per heavy atom. The topological polar surface area (TPSA) is 64.3 Å². The molecule has 1 atom stereocenters. The quantitative estimate of drug-likeness (QED) is 0.768. The summed E-state index contributed by atoms with van der Waals surface area (Å²) in [5, 5.41) is 3.05. The summed E-state index contributed by atoms with van der Waals surface area (Å²) < 4.78 is 5.16. The van der Waals surface area contributed by atoms with Crippen LogP contribution in [0.4, 0.5) is 5.69 Å². The summed E-state index contributed by atoms with van der Waals surface area (Å²) >= 11 is 0. The SMILES string of the molecule is CCC(Nc1ccccc1OC)C(N)=O. The van der Waals surface area contributed by atoms with Crippen molar-refractivity contribution in [3.8, 4) is 5.75 Å². The van der Waals surface area contributed by atoms with Crippen molar-refractivity contribution in [3.05, 3.63) is 24.3 Å². The molecular formula is C11H16N2O2. The van der Waals surface area contributed by atoms with Gasteiger partial charge in [0.05, 0.1) is 12.8 Å². The van der Waals surface area contributed by atoms with Gasteiger partial charge in [-0.1, -0.05) is 19.1 Å². The number of nitrogens with one attached hydrogen (secondary N) is 1. The van der Waals surface area contributed by atoms with Gasteiger partial charge >= 0.3 is 0 Å². The molecule has 82 valence electrons. The minimum Gasteiger partial charge on any atom is -0.495 e. The first-order valence-electron chi connectivity index (χ1n) is 4.88. The zero-order valence-electron chi connectivity index (χ0n) is 8.99. The molecule has 0 heterocycles. The molecule has 1 rings (SSSR count). The highest BCUT2D eigenvalue weighted by molar-refractivity contribution is 5.83. The molecule has 0 aliphatic carbocycles. The van der Waals surface area contributed by atoms with E-state index in [0.717, 1.165) is 5.69 Å². The first kappa shape index (κ1) is 11.4. The van der Waals surface area contributed by atoms with Crippen LogP contribution < -0.4 is 15.8 Å². The molecule has 0 spiro atoms. The zero-order valence-corrected chi connectivity index (χ0v) is 8.99. The van der Waals surface area contributed by atoms with Gasteiger partial charge < -0.3 is 15.8 Å². The molecule has 15 heavy (non-hydrogen) atoms. The van der Waals surface area contributed by atoms with Crippen LogP contribution in [0.2, 0.25) is 0 Å². The van der Waals surface area contributed by atoms with E-state index < -0.39 is 0 Å². The molecule has 0 aliphatic rings. The van der Waals surface area contributed by atoms with Gasteiger partial charge in [0, 0.05) is 0 Å². The Labute approximate surface area is 89.4 Å². The predicted octanol–water partition coefficient (Wildman–Crippen LogP) is 1.37. The predicted molar refractivity (Wildman–Crippen MR) is 59.9 cm³/mol. The second-order valence-corrected chi connectivity index (χ2v) is 3.21. The molecule has 0 saturated heterocycles. The van der Waals surface area contributed by atoms with Crippen molar-refractivity contribution in [3.63, 3.8) is 0 Å². The molecule has 1 aromatic rings. The van der Waals surface area contributed by atoms with Crippen molar-refractivity contribution < 1.29 is 9.53 Å². The Morgan fingerprint density at radius 2 is 2.20 bits per heavy atom. The Kier molecular flexibility index (Phi) is 3.97. The number of primary amides is 1. The Bertz CT molecular complexity index is 339. The average molecular weight is 208 g/mol. The van der Waals surface area contributed by atoms with Gasteiger partial charge in [0.1, 0.15) is 11.8 Å². The van der Waals surface area contributed by atoms with E-state index in [1.54, 1.807) is 7.11 Å². The van der Waals surface area contributed by atoms with Crippen molar-refractivity contribution in [1.29, 1.82) is 0 Å². The lowest BCUT2D eigenvalue weighted by molar-refractivity contribution is -0.118. The fraction of sp³-hybridized carbons (Fsp3) is 0.364. The van der Waals surface area contributed by atoms with Gasteiger partial charge in [-0.05, 0) is 18.6 Å². The monoisotopic (exact) mass is 208 g/mol. The number of ether oxygens (including phenoxy) is 1. The number of nitrogens with two attached hydrogens (primary N) is 1. The van der Waals surface area contributed by atoms with E-state index in [1.165, 1.54) is 0 Å². The Hall–Kier alpha value is -1.71. The lowest BCUT2D eigenvalue weighted by atomic mass is 10.2. The number of amides is 1. The van der Waals surface area contributed by atoms with E-state index in [2.05, 4.69) is 5.32 Å². The Morgan fingerprint density at radius 1 is 1.53 bits per heavy atom. The smallest absolute Gasteiger partial charge is 0.239 e. The molecule has 4 nitrogen and oxygen atoms in total. The van der Waals surface area contributed by atoms with E-state index in [4.69, 9.17) is 10.5 Å². The van der Waals surface area contributed by atoms with E-state index in [0.29, 0.717) is 12.2 Å². The van der Waals surface area contributed by atoms with E-state index in [9.17, 15) is 4.79 Å². The lowest BCUT2D eigenvalue weighted by Crippen LogP contribution is -2.34. The third-order valence-corrected chi connectivity index (χ3v) is 2.19. The number of carbonyl (C=O) groups is 1. The fourth-order valence-corrected chi connectivity index (χ4v) is 1.33. The summed E-state index contributed by atoms with van der Waals surface area (Å²) in [5.74, 6) is 0.348. The summed E-state index contributed by atoms with van der Waals surface area (Å²) in [6, 6.07) is 7.06. The molecule has 3 N–H and O–H groups in total. The van der Waals surface area contributed by atoms with Crippen LogP contribution in [0.1, 0.15) is 13.3 Å². The summed E-state index contributed by atoms with van der Waals surface area (Å²) in [4.78, 5) is 11.1. The van der Waals surface area contributed by atoms with Crippen molar-refractivity contribution in [2.75, 3.05) is 12.4 Å². The maximum absolute atomic E-state index is 11.1. The highest BCUT2D eigenvalue weighted by Gasteiger charge is 2.13. The fourth-order valence-electron chi connectivity index (χ4n) is 1.33. The van der Waals surface area contributed by atoms with Crippen LogP contribution in [0.25, 0.3) is 0 Å². The number of hydrogen-bond acceptors (Lipinski definition) is 3. The number of benzene rings is 1. The van der Waals surface area contributed by atoms with Gasteiger partial charge in [0.25, 0.3) is 0 Å². The van der Waals surface area contributed by atoms with E-state index in [-0.39, 0.29) is 11.9 Å². The van der Waals surface area contributed by atoms with Crippen LogP contribution in [0.3, 0.4) is 0 Å². The highest BCUT2D eigenvalue weighted by atomic mass is 16.5. The van der Waals surface area contributed by atoms with Crippen LogP contribution in [-0.2, 0) is 4.79 Å². The molecule has 1 amide bonds. The van der Waals surface area contributed by atoms with Crippen molar-refractivity contribution in [2.45, 2.75) is 19.4 Å². The summed E-state index contributed by atoms with van der Waals surface area (Å²) in [5.41, 5.74) is 6.03. The molecule has 0 saturated carbocycles. The van der Waals surface area contributed by atoms with E-state index in [1.807, 2.05) is 31.2 Å². The summed E-state index contributed by atoms with van der Waals surface area (Å²) in [6.45, 7) is 1.90. The third-order valence-electron chi connectivity index (χ3n) is 2.19. The normalized spacial score (nSPS) is 11.9. The molecule has 0 aromatic heterocycles. The van der Waals surface area contributed by atoms with Crippen molar-refractivity contribution in [2.24, 2.45) is 5.73 Å². The van der Waals surface area contributed by atoms with Crippen molar-refractivity contribution >= 4 is 11.6 Å². The summed E-state index contributed by atoms with van der Waals surface area (Å²) in [6.07, 6.45) is 0.646. The molecule has 4 heteroatoms. The lowest BCUT2D eigenvalue weighted by Gasteiger charge is -2.16. The number of methoxy groups -OCH3 is 1. The van der Waals surface area contributed by atoms with Crippen LogP contribution in [-0.4, -0.2) is 19.1 Å². The minimum absolute atomic E-state index is 0.358. The van der Waals surface area contributed by atoms with Gasteiger partial charge in [0.2, 0.25) is 5.91 Å². The van der Waals surface area contributed by atoms with Crippen molar-refractivity contribution in [1.82, 2.24) is 0 Å². The number of anilines is 1. The molecule has 0 bridgehead atoms.